The Morgan fingerprint density at radius 1 is 1.33 bits per heavy atom. The van der Waals surface area contributed by atoms with E-state index >= 15 is 0 Å². The van der Waals surface area contributed by atoms with Crippen molar-refractivity contribution in [3.8, 4) is 5.75 Å². The Balaban J connectivity index is 2.20. The van der Waals surface area contributed by atoms with Gasteiger partial charge in [0.25, 0.3) is 0 Å². The number of alkyl halides is 3. The molecule has 0 atom stereocenters. The van der Waals surface area contributed by atoms with Gasteiger partial charge >= 0.3 is 6.18 Å². The van der Waals surface area contributed by atoms with Gasteiger partial charge < -0.3 is 15.7 Å². The highest BCUT2D eigenvalue weighted by atomic mass is 19.4. The van der Waals surface area contributed by atoms with Gasteiger partial charge in [0.05, 0.1) is 11.3 Å². The number of rotatable bonds is 2. The molecule has 0 unspecified atom stereocenters. The lowest BCUT2D eigenvalue weighted by atomic mass is 9.80. The monoisotopic (exact) mass is 302 g/mol. The molecule has 1 saturated heterocycles. The van der Waals surface area contributed by atoms with Crippen molar-refractivity contribution in [1.82, 2.24) is 5.32 Å². The minimum atomic E-state index is -4.52. The Hall–Kier alpha value is -1.76. The summed E-state index contributed by atoms with van der Waals surface area (Å²) in [6.07, 6.45) is -3.33. The number of phenols is 1. The third-order valence-electron chi connectivity index (χ3n) is 3.83. The van der Waals surface area contributed by atoms with E-state index in [2.05, 4.69) is 10.6 Å². The Labute approximate surface area is 120 Å². The second-order valence-corrected chi connectivity index (χ2v) is 5.49. The molecule has 0 aromatic heterocycles. The highest BCUT2D eigenvalue weighted by Crippen LogP contribution is 2.36. The number of hydrogen-bond donors (Lipinski definition) is 3. The summed E-state index contributed by atoms with van der Waals surface area (Å²) in [4.78, 5) is 12.3. The van der Waals surface area contributed by atoms with Gasteiger partial charge in [0.2, 0.25) is 5.91 Å². The Kier molecular flexibility index (Phi) is 4.13. The molecule has 0 spiro atoms. The fraction of sp³-hybridized carbons (Fsp3) is 0.500. The SMILES string of the molecule is CC1(C(=O)Nc2cc(C(F)(F)F)ccc2O)CCNCC1. The van der Waals surface area contributed by atoms with Crippen molar-refractivity contribution in [3.05, 3.63) is 23.8 Å². The summed E-state index contributed by atoms with van der Waals surface area (Å²) < 4.78 is 38.0. The van der Waals surface area contributed by atoms with Crippen LogP contribution < -0.4 is 10.6 Å². The fourth-order valence-corrected chi connectivity index (χ4v) is 2.29. The van der Waals surface area contributed by atoms with Crippen LogP contribution >= 0.6 is 0 Å². The maximum atomic E-state index is 12.7. The average molecular weight is 302 g/mol. The molecule has 1 aromatic rings. The molecule has 1 fully saturated rings. The normalized spacial score (nSPS) is 18.3. The zero-order valence-corrected chi connectivity index (χ0v) is 11.5. The Morgan fingerprint density at radius 2 is 1.95 bits per heavy atom. The van der Waals surface area contributed by atoms with Crippen molar-refractivity contribution in [2.75, 3.05) is 18.4 Å². The van der Waals surface area contributed by atoms with E-state index in [4.69, 9.17) is 0 Å². The van der Waals surface area contributed by atoms with Gasteiger partial charge in [-0.05, 0) is 44.1 Å². The number of nitrogens with one attached hydrogen (secondary N) is 2. The van der Waals surface area contributed by atoms with Gasteiger partial charge in [0.15, 0.2) is 0 Å². The van der Waals surface area contributed by atoms with Gasteiger partial charge in [0.1, 0.15) is 5.75 Å². The fourth-order valence-electron chi connectivity index (χ4n) is 2.29. The zero-order valence-electron chi connectivity index (χ0n) is 11.5. The van der Waals surface area contributed by atoms with Crippen molar-refractivity contribution in [2.24, 2.45) is 5.41 Å². The van der Waals surface area contributed by atoms with Crippen LogP contribution in [0.4, 0.5) is 18.9 Å². The van der Waals surface area contributed by atoms with Crippen LogP contribution in [0.2, 0.25) is 0 Å². The van der Waals surface area contributed by atoms with Crippen molar-refractivity contribution in [3.63, 3.8) is 0 Å². The molecule has 0 bridgehead atoms. The molecular weight excluding hydrogens is 285 g/mol. The van der Waals surface area contributed by atoms with E-state index in [9.17, 15) is 23.1 Å². The molecule has 2 rings (SSSR count). The minimum Gasteiger partial charge on any atom is -0.506 e. The molecule has 21 heavy (non-hydrogen) atoms. The molecule has 0 aliphatic carbocycles. The topological polar surface area (TPSA) is 61.4 Å². The molecule has 4 nitrogen and oxygen atoms in total. The van der Waals surface area contributed by atoms with Crippen molar-refractivity contribution in [1.29, 1.82) is 0 Å². The van der Waals surface area contributed by atoms with E-state index in [0.717, 1.165) is 18.2 Å². The predicted molar refractivity (Wildman–Crippen MR) is 71.9 cm³/mol. The molecule has 0 saturated carbocycles. The maximum Gasteiger partial charge on any atom is 0.416 e. The average Bonchev–Trinajstić information content (AvgIpc) is 2.40. The second kappa shape index (κ2) is 5.55. The number of phenolic OH excluding ortho intramolecular Hbond substituents is 1. The number of aromatic hydroxyl groups is 1. The number of carbonyl (C=O) groups excluding carboxylic acids is 1. The molecule has 3 N–H and O–H groups in total. The quantitative estimate of drug-likeness (QED) is 0.736. The van der Waals surface area contributed by atoms with Crippen LogP contribution in [0.15, 0.2) is 18.2 Å². The van der Waals surface area contributed by atoms with E-state index < -0.39 is 17.2 Å². The summed E-state index contributed by atoms with van der Waals surface area (Å²) in [6, 6.07) is 2.46. The first-order valence-corrected chi connectivity index (χ1v) is 6.65. The lowest BCUT2D eigenvalue weighted by Crippen LogP contribution is -2.42. The van der Waals surface area contributed by atoms with Gasteiger partial charge in [-0.15, -0.1) is 0 Å². The van der Waals surface area contributed by atoms with Crippen LogP contribution in [0, 0.1) is 5.41 Å². The summed E-state index contributed by atoms with van der Waals surface area (Å²) in [5.41, 5.74) is -1.77. The molecule has 1 amide bonds. The first-order valence-electron chi connectivity index (χ1n) is 6.65. The number of anilines is 1. The molecule has 1 aromatic carbocycles. The predicted octanol–water partition coefficient (Wildman–Crippen LogP) is 2.74. The molecule has 7 heteroatoms. The van der Waals surface area contributed by atoms with E-state index in [1.807, 2.05) is 0 Å². The van der Waals surface area contributed by atoms with Gasteiger partial charge in [-0.3, -0.25) is 4.79 Å². The Morgan fingerprint density at radius 3 is 2.52 bits per heavy atom. The summed E-state index contributed by atoms with van der Waals surface area (Å²) in [6.45, 7) is 3.13. The van der Waals surface area contributed by atoms with Crippen LogP contribution in [0.1, 0.15) is 25.3 Å². The van der Waals surface area contributed by atoms with Gasteiger partial charge in [-0.2, -0.15) is 13.2 Å². The van der Waals surface area contributed by atoms with E-state index in [1.165, 1.54) is 0 Å². The number of halogens is 3. The van der Waals surface area contributed by atoms with Crippen molar-refractivity contribution in [2.45, 2.75) is 25.9 Å². The van der Waals surface area contributed by atoms with Crippen molar-refractivity contribution < 1.29 is 23.1 Å². The summed E-state index contributed by atoms with van der Waals surface area (Å²) in [5.74, 6) is -0.757. The van der Waals surface area contributed by atoms with Gasteiger partial charge in [0, 0.05) is 5.41 Å². The van der Waals surface area contributed by atoms with E-state index in [0.29, 0.717) is 25.9 Å². The third-order valence-corrected chi connectivity index (χ3v) is 3.83. The Bertz CT molecular complexity index is 538. The van der Waals surface area contributed by atoms with Crippen molar-refractivity contribution >= 4 is 11.6 Å². The number of benzene rings is 1. The molecule has 1 aliphatic heterocycles. The van der Waals surface area contributed by atoms with Crippen LogP contribution in [-0.2, 0) is 11.0 Å². The molecule has 1 heterocycles. The molecular formula is C14H17F3N2O2. The van der Waals surface area contributed by atoms with Gasteiger partial charge in [-0.1, -0.05) is 6.92 Å². The highest BCUT2D eigenvalue weighted by Gasteiger charge is 2.36. The van der Waals surface area contributed by atoms with Crippen LogP contribution in [0.3, 0.4) is 0 Å². The van der Waals surface area contributed by atoms with E-state index in [-0.39, 0.29) is 17.3 Å². The third kappa shape index (κ3) is 3.47. The molecule has 0 radical (unpaired) electrons. The summed E-state index contributed by atoms with van der Waals surface area (Å²) in [5, 5.41) is 15.2. The van der Waals surface area contributed by atoms with Crippen LogP contribution in [-0.4, -0.2) is 24.1 Å². The van der Waals surface area contributed by atoms with Crippen LogP contribution in [0.25, 0.3) is 0 Å². The zero-order chi connectivity index (χ0) is 15.7. The molecule has 1 aliphatic rings. The maximum absolute atomic E-state index is 12.7. The first-order chi connectivity index (χ1) is 9.72. The van der Waals surface area contributed by atoms with Crippen LogP contribution in [0.5, 0.6) is 5.75 Å². The number of hydrogen-bond acceptors (Lipinski definition) is 3. The lowest BCUT2D eigenvalue weighted by molar-refractivity contribution is -0.137. The molecule has 116 valence electrons. The van der Waals surface area contributed by atoms with Gasteiger partial charge in [-0.25, -0.2) is 0 Å². The summed E-state index contributed by atoms with van der Waals surface area (Å²) >= 11 is 0. The smallest absolute Gasteiger partial charge is 0.416 e. The second-order valence-electron chi connectivity index (χ2n) is 5.49. The number of amides is 1. The summed E-state index contributed by atoms with van der Waals surface area (Å²) in [7, 11) is 0. The lowest BCUT2D eigenvalue weighted by Gasteiger charge is -2.32. The minimum absolute atomic E-state index is 0.213. The first kappa shape index (κ1) is 15.6. The highest BCUT2D eigenvalue weighted by molar-refractivity contribution is 5.96. The number of piperidine rings is 1. The largest absolute Gasteiger partial charge is 0.506 e. The standard InChI is InChI=1S/C14H17F3N2O2/c1-13(4-6-18-7-5-13)12(21)19-10-8-9(14(15,16)17)2-3-11(10)20/h2-3,8,18,20H,4-7H2,1H3,(H,19,21). The van der Waals surface area contributed by atoms with E-state index in [1.54, 1.807) is 6.92 Å². The number of carbonyl (C=O) groups is 1.